The number of nitrogens with zero attached hydrogens (tertiary/aromatic N) is 1. The van der Waals surface area contributed by atoms with Gasteiger partial charge < -0.3 is 20.3 Å². The fraction of sp³-hybridized carbons (Fsp3) is 0.333. The van der Waals surface area contributed by atoms with Crippen molar-refractivity contribution >= 4 is 23.3 Å². The Morgan fingerprint density at radius 2 is 1.93 bits per heavy atom. The average Bonchev–Trinajstić information content (AvgIpc) is 3.07. The zero-order valence-corrected chi connectivity index (χ0v) is 16.3. The lowest BCUT2D eigenvalue weighted by Crippen LogP contribution is -2.34. The minimum atomic E-state index is -4.48. The maximum Gasteiger partial charge on any atom is 0.416 e. The first-order valence-corrected chi connectivity index (χ1v) is 9.51. The number of anilines is 2. The van der Waals surface area contributed by atoms with E-state index >= 15 is 0 Å². The van der Waals surface area contributed by atoms with E-state index in [9.17, 15) is 22.8 Å². The van der Waals surface area contributed by atoms with Crippen molar-refractivity contribution in [1.82, 2.24) is 5.32 Å². The van der Waals surface area contributed by atoms with Crippen molar-refractivity contribution in [3.05, 3.63) is 54.1 Å². The van der Waals surface area contributed by atoms with Gasteiger partial charge in [-0.05, 0) is 49.4 Å². The van der Waals surface area contributed by atoms with E-state index < -0.39 is 17.8 Å². The van der Waals surface area contributed by atoms with Crippen molar-refractivity contribution in [2.45, 2.75) is 19.5 Å². The predicted molar refractivity (Wildman–Crippen MR) is 107 cm³/mol. The monoisotopic (exact) mass is 421 g/mol. The molecule has 1 fully saturated rings. The van der Waals surface area contributed by atoms with Gasteiger partial charge in [-0.1, -0.05) is 6.07 Å². The summed E-state index contributed by atoms with van der Waals surface area (Å²) in [7, 11) is 0. The zero-order chi connectivity index (χ0) is 21.7. The second-order valence-corrected chi connectivity index (χ2v) is 6.91. The van der Waals surface area contributed by atoms with E-state index in [-0.39, 0.29) is 30.5 Å². The number of urea groups is 1. The number of amides is 3. The molecule has 3 amide bonds. The summed E-state index contributed by atoms with van der Waals surface area (Å²) in [5, 5.41) is 5.01. The lowest BCUT2D eigenvalue weighted by molar-refractivity contribution is -0.137. The number of carbonyl (C=O) groups excluding carboxylic acids is 2. The van der Waals surface area contributed by atoms with Crippen LogP contribution in [0, 0.1) is 5.92 Å². The highest BCUT2D eigenvalue weighted by atomic mass is 19.4. The number of alkyl halides is 3. The van der Waals surface area contributed by atoms with Gasteiger partial charge in [0.15, 0.2) is 0 Å². The second kappa shape index (κ2) is 9.06. The van der Waals surface area contributed by atoms with Crippen LogP contribution in [0.4, 0.5) is 29.3 Å². The minimum Gasteiger partial charge on any atom is -0.494 e. The van der Waals surface area contributed by atoms with Crippen LogP contribution in [0.2, 0.25) is 0 Å². The van der Waals surface area contributed by atoms with Crippen molar-refractivity contribution in [1.29, 1.82) is 0 Å². The number of hydrogen-bond donors (Lipinski definition) is 2. The Balaban J connectivity index is 1.52. The first-order chi connectivity index (χ1) is 14.3. The van der Waals surface area contributed by atoms with Gasteiger partial charge in [-0.3, -0.25) is 4.79 Å². The van der Waals surface area contributed by atoms with Gasteiger partial charge in [0.1, 0.15) is 5.75 Å². The van der Waals surface area contributed by atoms with Gasteiger partial charge >= 0.3 is 12.2 Å². The molecule has 0 aromatic heterocycles. The Morgan fingerprint density at radius 1 is 1.20 bits per heavy atom. The fourth-order valence-corrected chi connectivity index (χ4v) is 3.24. The minimum absolute atomic E-state index is 0.0424. The number of benzene rings is 2. The Hall–Kier alpha value is -3.23. The van der Waals surface area contributed by atoms with E-state index in [2.05, 4.69) is 10.6 Å². The van der Waals surface area contributed by atoms with Crippen LogP contribution in [0.25, 0.3) is 0 Å². The van der Waals surface area contributed by atoms with Crippen LogP contribution in [-0.4, -0.2) is 31.6 Å². The Bertz CT molecular complexity index is 900. The maximum absolute atomic E-state index is 12.8. The van der Waals surface area contributed by atoms with E-state index in [1.54, 1.807) is 29.2 Å². The van der Waals surface area contributed by atoms with E-state index in [1.807, 2.05) is 6.92 Å². The first kappa shape index (κ1) is 21.5. The molecule has 2 aromatic rings. The molecule has 30 heavy (non-hydrogen) atoms. The molecule has 0 aliphatic carbocycles. The van der Waals surface area contributed by atoms with Gasteiger partial charge in [-0.25, -0.2) is 4.79 Å². The second-order valence-electron chi connectivity index (χ2n) is 6.91. The molecule has 0 saturated carbocycles. The third-order valence-electron chi connectivity index (χ3n) is 4.66. The number of carbonyl (C=O) groups is 2. The molecule has 1 aliphatic heterocycles. The molecule has 6 nitrogen and oxygen atoms in total. The van der Waals surface area contributed by atoms with Gasteiger partial charge in [0.25, 0.3) is 0 Å². The van der Waals surface area contributed by atoms with E-state index in [0.29, 0.717) is 13.2 Å². The lowest BCUT2D eigenvalue weighted by atomic mass is 10.1. The smallest absolute Gasteiger partial charge is 0.416 e. The standard InChI is InChI=1S/C21H22F3N3O3/c1-2-30-18-8-6-17(7-9-18)27-13-14(10-19(27)28)12-25-20(29)26-16-5-3-4-15(11-16)21(22,23)24/h3-9,11,14H,2,10,12-13H2,1H3,(H2,25,26,29). The van der Waals surface area contributed by atoms with Crippen molar-refractivity contribution < 1.29 is 27.5 Å². The molecule has 1 unspecified atom stereocenters. The molecule has 160 valence electrons. The summed E-state index contributed by atoms with van der Waals surface area (Å²) in [5.74, 6) is 0.568. The summed E-state index contributed by atoms with van der Waals surface area (Å²) in [4.78, 5) is 26.0. The molecule has 0 bridgehead atoms. The SMILES string of the molecule is CCOc1ccc(N2CC(CNC(=O)Nc3cccc(C(F)(F)F)c3)CC2=O)cc1. The Kier molecular flexibility index (Phi) is 6.49. The number of rotatable bonds is 6. The molecule has 1 heterocycles. The zero-order valence-electron chi connectivity index (χ0n) is 16.3. The molecular formula is C21H22F3N3O3. The van der Waals surface area contributed by atoms with Crippen LogP contribution in [0.5, 0.6) is 5.75 Å². The Morgan fingerprint density at radius 3 is 2.60 bits per heavy atom. The quantitative estimate of drug-likeness (QED) is 0.732. The number of halogens is 3. The van der Waals surface area contributed by atoms with Crippen LogP contribution in [-0.2, 0) is 11.0 Å². The van der Waals surface area contributed by atoms with E-state index in [4.69, 9.17) is 4.74 Å². The average molecular weight is 421 g/mol. The molecule has 0 radical (unpaired) electrons. The van der Waals surface area contributed by atoms with E-state index in [1.165, 1.54) is 12.1 Å². The third-order valence-corrected chi connectivity index (χ3v) is 4.66. The lowest BCUT2D eigenvalue weighted by Gasteiger charge is -2.17. The van der Waals surface area contributed by atoms with Crippen LogP contribution in [0.1, 0.15) is 18.9 Å². The van der Waals surface area contributed by atoms with Crippen molar-refractivity contribution in [3.63, 3.8) is 0 Å². The van der Waals surface area contributed by atoms with Crippen LogP contribution in [0.3, 0.4) is 0 Å². The summed E-state index contributed by atoms with van der Waals surface area (Å²) in [5.41, 5.74) is -0.0482. The fourth-order valence-electron chi connectivity index (χ4n) is 3.24. The molecule has 9 heteroatoms. The molecule has 1 atom stereocenters. The number of ether oxygens (including phenoxy) is 1. The summed E-state index contributed by atoms with van der Waals surface area (Å²) in [6.07, 6.45) is -4.21. The molecule has 3 rings (SSSR count). The van der Waals surface area contributed by atoms with Crippen molar-refractivity contribution in [2.75, 3.05) is 29.9 Å². The largest absolute Gasteiger partial charge is 0.494 e. The Labute approximate surface area is 172 Å². The van der Waals surface area contributed by atoms with Crippen molar-refractivity contribution in [2.24, 2.45) is 5.92 Å². The first-order valence-electron chi connectivity index (χ1n) is 9.51. The molecule has 0 spiro atoms. The summed E-state index contributed by atoms with van der Waals surface area (Å²) < 4.78 is 43.7. The van der Waals surface area contributed by atoms with Gasteiger partial charge in [0.2, 0.25) is 5.91 Å². The third kappa shape index (κ3) is 5.43. The molecule has 1 saturated heterocycles. The van der Waals surface area contributed by atoms with Gasteiger partial charge in [-0.2, -0.15) is 13.2 Å². The number of nitrogens with one attached hydrogen (secondary N) is 2. The van der Waals surface area contributed by atoms with Crippen LogP contribution < -0.4 is 20.3 Å². The molecule has 1 aliphatic rings. The normalized spacial score (nSPS) is 16.5. The van der Waals surface area contributed by atoms with Crippen molar-refractivity contribution in [3.8, 4) is 5.75 Å². The molecule has 2 N–H and O–H groups in total. The van der Waals surface area contributed by atoms with Crippen LogP contribution in [0.15, 0.2) is 48.5 Å². The molecular weight excluding hydrogens is 399 g/mol. The van der Waals surface area contributed by atoms with E-state index in [0.717, 1.165) is 23.6 Å². The van der Waals surface area contributed by atoms with Gasteiger partial charge in [-0.15, -0.1) is 0 Å². The predicted octanol–water partition coefficient (Wildman–Crippen LogP) is 4.28. The maximum atomic E-state index is 12.8. The molecule has 2 aromatic carbocycles. The highest BCUT2D eigenvalue weighted by Crippen LogP contribution is 2.30. The topological polar surface area (TPSA) is 70.7 Å². The summed E-state index contributed by atoms with van der Waals surface area (Å²) >= 11 is 0. The van der Waals surface area contributed by atoms with Gasteiger partial charge in [0.05, 0.1) is 12.2 Å². The van der Waals surface area contributed by atoms with Crippen LogP contribution >= 0.6 is 0 Å². The summed E-state index contributed by atoms with van der Waals surface area (Å²) in [6, 6.07) is 11.0. The van der Waals surface area contributed by atoms with Gasteiger partial charge in [0, 0.05) is 36.8 Å². The highest BCUT2D eigenvalue weighted by molar-refractivity contribution is 5.96. The summed E-state index contributed by atoms with van der Waals surface area (Å²) in [6.45, 7) is 3.11. The number of hydrogen-bond acceptors (Lipinski definition) is 3. The highest BCUT2D eigenvalue weighted by Gasteiger charge is 2.31.